The van der Waals surface area contributed by atoms with E-state index >= 15 is 0 Å². The lowest BCUT2D eigenvalue weighted by Gasteiger charge is -2.24. The van der Waals surface area contributed by atoms with Gasteiger partial charge in [0.25, 0.3) is 5.91 Å². The largest absolute Gasteiger partial charge is 0.487 e. The molecule has 2 rings (SSSR count). The highest BCUT2D eigenvalue weighted by atomic mass is 19.4. The zero-order valence-corrected chi connectivity index (χ0v) is 14.3. The molecule has 28 heavy (non-hydrogen) atoms. The van der Waals surface area contributed by atoms with Crippen LogP contribution in [0.4, 0.5) is 27.6 Å². The number of hydrogen-bond acceptors (Lipinski definition) is 4. The first kappa shape index (κ1) is 21.1. The minimum absolute atomic E-state index is 0.271. The molecule has 148 valence electrons. The molecule has 0 aliphatic carbocycles. The highest BCUT2D eigenvalue weighted by molar-refractivity contribution is 5.97. The van der Waals surface area contributed by atoms with Gasteiger partial charge in [-0.3, -0.25) is 4.79 Å². The number of ether oxygens (including phenoxy) is 1. The zero-order valence-electron chi connectivity index (χ0n) is 14.3. The van der Waals surface area contributed by atoms with Gasteiger partial charge in [-0.15, -0.1) is 0 Å². The first-order valence-corrected chi connectivity index (χ1v) is 7.67. The standard InChI is InChI=1S/C18H13F5N2O3/c1-17(27,9-28-15-5-3-11(19)7-13(15)20)16(26)25-14-4-2-10(8-24)6-12(14)18(21,22)23/h2-7,27H,9H2,1H3,(H,25,26). The number of benzene rings is 2. The van der Waals surface area contributed by atoms with E-state index in [1.807, 2.05) is 5.32 Å². The summed E-state index contributed by atoms with van der Waals surface area (Å²) in [6.45, 7) is 0.125. The maximum absolute atomic E-state index is 13.5. The molecule has 0 saturated carbocycles. The van der Waals surface area contributed by atoms with E-state index in [1.165, 1.54) is 0 Å². The number of nitrogens with one attached hydrogen (secondary N) is 1. The van der Waals surface area contributed by atoms with Crippen molar-refractivity contribution in [3.8, 4) is 11.8 Å². The van der Waals surface area contributed by atoms with E-state index in [-0.39, 0.29) is 5.56 Å². The third kappa shape index (κ3) is 4.95. The van der Waals surface area contributed by atoms with Gasteiger partial charge in [-0.1, -0.05) is 0 Å². The Labute approximate surface area is 156 Å². The van der Waals surface area contributed by atoms with Crippen LogP contribution in [0.5, 0.6) is 5.75 Å². The second kappa shape index (κ2) is 7.82. The Balaban J connectivity index is 2.18. The van der Waals surface area contributed by atoms with Crippen molar-refractivity contribution in [1.29, 1.82) is 5.26 Å². The van der Waals surface area contributed by atoms with Crippen molar-refractivity contribution in [2.75, 3.05) is 11.9 Å². The Morgan fingerprint density at radius 2 is 1.89 bits per heavy atom. The molecule has 0 radical (unpaired) electrons. The SMILES string of the molecule is CC(O)(COc1ccc(F)cc1F)C(=O)Nc1ccc(C#N)cc1C(F)(F)F. The third-order valence-corrected chi connectivity index (χ3v) is 3.59. The van der Waals surface area contributed by atoms with Crippen LogP contribution in [0.3, 0.4) is 0 Å². The second-order valence-corrected chi connectivity index (χ2v) is 5.96. The Bertz CT molecular complexity index is 936. The molecule has 1 atom stereocenters. The summed E-state index contributed by atoms with van der Waals surface area (Å²) in [7, 11) is 0. The minimum Gasteiger partial charge on any atom is -0.487 e. The van der Waals surface area contributed by atoms with Crippen LogP contribution in [0.15, 0.2) is 36.4 Å². The maximum Gasteiger partial charge on any atom is 0.418 e. The summed E-state index contributed by atoms with van der Waals surface area (Å²) >= 11 is 0. The molecule has 2 N–H and O–H groups in total. The number of alkyl halides is 3. The Kier molecular flexibility index (Phi) is 5.89. The van der Waals surface area contributed by atoms with E-state index in [2.05, 4.69) is 0 Å². The zero-order chi connectivity index (χ0) is 21.1. The molecule has 5 nitrogen and oxygen atoms in total. The van der Waals surface area contributed by atoms with E-state index in [0.29, 0.717) is 12.1 Å². The van der Waals surface area contributed by atoms with Gasteiger partial charge in [0.15, 0.2) is 17.2 Å². The molecular formula is C18H13F5N2O3. The summed E-state index contributed by atoms with van der Waals surface area (Å²) < 4.78 is 70.7. The van der Waals surface area contributed by atoms with E-state index in [4.69, 9.17) is 10.00 Å². The lowest BCUT2D eigenvalue weighted by Crippen LogP contribution is -2.45. The summed E-state index contributed by atoms with van der Waals surface area (Å²) in [6, 6.07) is 6.38. The second-order valence-electron chi connectivity index (χ2n) is 5.96. The van der Waals surface area contributed by atoms with E-state index in [0.717, 1.165) is 31.2 Å². The fraction of sp³-hybridized carbons (Fsp3) is 0.222. The van der Waals surface area contributed by atoms with Crippen LogP contribution in [-0.2, 0) is 11.0 Å². The van der Waals surface area contributed by atoms with Crippen LogP contribution in [0.1, 0.15) is 18.1 Å². The van der Waals surface area contributed by atoms with Crippen LogP contribution in [0.2, 0.25) is 0 Å². The Morgan fingerprint density at radius 3 is 2.46 bits per heavy atom. The van der Waals surface area contributed by atoms with Gasteiger partial charge in [-0.2, -0.15) is 18.4 Å². The molecule has 0 bridgehead atoms. The maximum atomic E-state index is 13.5. The summed E-state index contributed by atoms with van der Waals surface area (Å²) in [6.07, 6.45) is -4.87. The third-order valence-electron chi connectivity index (χ3n) is 3.59. The molecule has 0 aromatic heterocycles. The fourth-order valence-corrected chi connectivity index (χ4v) is 2.09. The smallest absolute Gasteiger partial charge is 0.418 e. The van der Waals surface area contributed by atoms with E-state index in [9.17, 15) is 31.9 Å². The lowest BCUT2D eigenvalue weighted by molar-refractivity contribution is -0.137. The van der Waals surface area contributed by atoms with E-state index in [1.54, 1.807) is 6.07 Å². The van der Waals surface area contributed by atoms with Crippen LogP contribution in [0, 0.1) is 23.0 Å². The number of anilines is 1. The normalized spacial score (nSPS) is 13.4. The number of nitrogens with zero attached hydrogens (tertiary/aromatic N) is 1. The molecule has 0 saturated heterocycles. The molecule has 1 unspecified atom stereocenters. The first-order chi connectivity index (χ1) is 12.9. The molecule has 2 aromatic carbocycles. The average molecular weight is 400 g/mol. The first-order valence-electron chi connectivity index (χ1n) is 7.67. The van der Waals surface area contributed by atoms with Crippen molar-refractivity contribution >= 4 is 11.6 Å². The van der Waals surface area contributed by atoms with Gasteiger partial charge in [0.1, 0.15) is 12.4 Å². The number of amides is 1. The molecule has 1 amide bonds. The van der Waals surface area contributed by atoms with Gasteiger partial charge in [0.05, 0.1) is 22.9 Å². The monoisotopic (exact) mass is 400 g/mol. The topological polar surface area (TPSA) is 82.3 Å². The lowest BCUT2D eigenvalue weighted by atomic mass is 10.1. The number of hydrogen-bond donors (Lipinski definition) is 2. The number of aliphatic hydroxyl groups is 1. The Hall–Kier alpha value is -3.19. The van der Waals surface area contributed by atoms with Crippen molar-refractivity contribution in [2.24, 2.45) is 0 Å². The van der Waals surface area contributed by atoms with Crippen LogP contribution >= 0.6 is 0 Å². The van der Waals surface area contributed by atoms with Crippen LogP contribution < -0.4 is 10.1 Å². The van der Waals surface area contributed by atoms with Gasteiger partial charge in [-0.25, -0.2) is 8.78 Å². The van der Waals surface area contributed by atoms with Gasteiger partial charge in [0.2, 0.25) is 0 Å². The van der Waals surface area contributed by atoms with Gasteiger partial charge < -0.3 is 15.2 Å². The van der Waals surface area contributed by atoms with Crippen molar-refractivity contribution < 1.29 is 36.6 Å². The van der Waals surface area contributed by atoms with Crippen molar-refractivity contribution in [3.05, 3.63) is 59.2 Å². The van der Waals surface area contributed by atoms with Crippen LogP contribution in [0.25, 0.3) is 0 Å². The number of carbonyl (C=O) groups excluding carboxylic acids is 1. The van der Waals surface area contributed by atoms with Gasteiger partial charge in [-0.05, 0) is 37.3 Å². The van der Waals surface area contributed by atoms with E-state index < -0.39 is 52.9 Å². The Morgan fingerprint density at radius 1 is 1.21 bits per heavy atom. The van der Waals surface area contributed by atoms with Crippen molar-refractivity contribution in [2.45, 2.75) is 18.7 Å². The molecule has 0 spiro atoms. The summed E-state index contributed by atoms with van der Waals surface area (Å²) in [5.41, 5.74) is -4.57. The molecule has 0 aliphatic rings. The number of nitriles is 1. The predicted molar refractivity (Wildman–Crippen MR) is 87.3 cm³/mol. The summed E-state index contributed by atoms with van der Waals surface area (Å²) in [5, 5.41) is 20.8. The van der Waals surface area contributed by atoms with Crippen molar-refractivity contribution in [3.63, 3.8) is 0 Å². The van der Waals surface area contributed by atoms with Crippen molar-refractivity contribution in [1.82, 2.24) is 0 Å². The predicted octanol–water partition coefficient (Wildman–Crippen LogP) is 3.62. The summed E-state index contributed by atoms with van der Waals surface area (Å²) in [5.74, 6) is -3.66. The molecule has 10 heteroatoms. The molecular weight excluding hydrogens is 387 g/mol. The highest BCUT2D eigenvalue weighted by Crippen LogP contribution is 2.35. The number of halogens is 5. The minimum atomic E-state index is -4.87. The number of carbonyl (C=O) groups is 1. The molecule has 0 fully saturated rings. The van der Waals surface area contributed by atoms with Crippen LogP contribution in [-0.4, -0.2) is 23.2 Å². The summed E-state index contributed by atoms with van der Waals surface area (Å²) in [4.78, 5) is 12.2. The molecule has 2 aromatic rings. The quantitative estimate of drug-likeness (QED) is 0.751. The number of rotatable bonds is 5. The average Bonchev–Trinajstić information content (AvgIpc) is 2.60. The molecule has 0 aliphatic heterocycles. The highest BCUT2D eigenvalue weighted by Gasteiger charge is 2.37. The van der Waals surface area contributed by atoms with Gasteiger partial charge in [0, 0.05) is 6.07 Å². The molecule has 0 heterocycles. The van der Waals surface area contributed by atoms with Gasteiger partial charge >= 0.3 is 6.18 Å². The fourth-order valence-electron chi connectivity index (χ4n) is 2.09.